The summed E-state index contributed by atoms with van der Waals surface area (Å²) in [6, 6.07) is 3.44. The van der Waals surface area contributed by atoms with Crippen LogP contribution in [0.4, 0.5) is 13.2 Å². The molecule has 0 aliphatic heterocycles. The van der Waals surface area contributed by atoms with Crippen LogP contribution in [0.15, 0.2) is 29.2 Å². The van der Waals surface area contributed by atoms with E-state index in [1.807, 2.05) is 0 Å². The first-order valence-corrected chi connectivity index (χ1v) is 11.7. The van der Waals surface area contributed by atoms with Crippen LogP contribution in [0.3, 0.4) is 0 Å². The summed E-state index contributed by atoms with van der Waals surface area (Å²) >= 11 is 0. The number of aliphatic hydroxyl groups excluding tert-OH is 1. The van der Waals surface area contributed by atoms with Gasteiger partial charge in [0.25, 0.3) is 0 Å². The average Bonchev–Trinajstić information content (AvgIpc) is 2.68. The van der Waals surface area contributed by atoms with Gasteiger partial charge in [-0.15, -0.1) is 0 Å². The van der Waals surface area contributed by atoms with Crippen LogP contribution in [-0.4, -0.2) is 39.3 Å². The van der Waals surface area contributed by atoms with Crippen LogP contribution in [0.1, 0.15) is 56.9 Å². The van der Waals surface area contributed by atoms with Crippen molar-refractivity contribution in [3.05, 3.63) is 29.8 Å². The van der Waals surface area contributed by atoms with Crippen molar-refractivity contribution in [1.82, 2.24) is 10.0 Å². The zero-order valence-electron chi connectivity index (χ0n) is 16.5. The molecule has 3 N–H and O–H groups in total. The molecule has 9 heteroatoms. The smallest absolute Gasteiger partial charge is 0.395 e. The van der Waals surface area contributed by atoms with Gasteiger partial charge in [-0.1, -0.05) is 19.3 Å². The molecule has 0 aromatic heterocycles. The molecule has 0 saturated heterocycles. The molecular formula is C20H31F3N2O3S. The van der Waals surface area contributed by atoms with Gasteiger partial charge < -0.3 is 10.4 Å². The molecule has 0 radical (unpaired) electrons. The molecular weight excluding hydrogens is 405 g/mol. The predicted octanol–water partition coefficient (Wildman–Crippen LogP) is 3.68. The molecule has 1 aromatic rings. The normalized spacial score (nSPS) is 20.7. The molecule has 1 aliphatic carbocycles. The summed E-state index contributed by atoms with van der Waals surface area (Å²) in [6.07, 6.45) is 3.45. The van der Waals surface area contributed by atoms with Crippen LogP contribution in [0.5, 0.6) is 0 Å². The molecule has 0 spiro atoms. The van der Waals surface area contributed by atoms with Gasteiger partial charge >= 0.3 is 6.18 Å². The zero-order valence-corrected chi connectivity index (χ0v) is 17.4. The minimum atomic E-state index is -4.48. The van der Waals surface area contributed by atoms with E-state index >= 15 is 0 Å². The lowest BCUT2D eigenvalue weighted by Gasteiger charge is -2.29. The van der Waals surface area contributed by atoms with Crippen molar-refractivity contribution in [2.75, 3.05) is 19.7 Å². The highest BCUT2D eigenvalue weighted by molar-refractivity contribution is 7.89. The maximum Gasteiger partial charge on any atom is 0.416 e. The molecule has 1 aliphatic rings. The van der Waals surface area contributed by atoms with Crippen molar-refractivity contribution in [2.24, 2.45) is 5.92 Å². The van der Waals surface area contributed by atoms with Crippen LogP contribution in [0, 0.1) is 5.92 Å². The number of hydrogen-bond acceptors (Lipinski definition) is 4. The lowest BCUT2D eigenvalue weighted by molar-refractivity contribution is -0.137. The van der Waals surface area contributed by atoms with Crippen molar-refractivity contribution in [3.8, 4) is 0 Å². The maximum atomic E-state index is 12.6. The lowest BCUT2D eigenvalue weighted by atomic mass is 9.83. The van der Waals surface area contributed by atoms with E-state index < -0.39 is 21.8 Å². The fourth-order valence-corrected chi connectivity index (χ4v) is 5.05. The van der Waals surface area contributed by atoms with E-state index in [1.54, 1.807) is 0 Å². The van der Waals surface area contributed by atoms with Gasteiger partial charge in [0.1, 0.15) is 0 Å². The molecule has 5 nitrogen and oxygen atoms in total. The Hall–Kier alpha value is -1.16. The van der Waals surface area contributed by atoms with Crippen LogP contribution >= 0.6 is 0 Å². The molecule has 2 rings (SSSR count). The number of halogens is 3. The highest BCUT2D eigenvalue weighted by Gasteiger charge is 2.31. The second kappa shape index (κ2) is 11.3. The quantitative estimate of drug-likeness (QED) is 0.463. The molecule has 0 unspecified atom stereocenters. The van der Waals surface area contributed by atoms with Crippen molar-refractivity contribution < 1.29 is 26.7 Å². The summed E-state index contributed by atoms with van der Waals surface area (Å²) < 4.78 is 65.4. The number of hydrogen-bond donors (Lipinski definition) is 3. The Kier molecular flexibility index (Phi) is 9.39. The molecule has 0 atom stereocenters. The Morgan fingerprint density at radius 3 is 2.21 bits per heavy atom. The molecule has 0 bridgehead atoms. The summed E-state index contributed by atoms with van der Waals surface area (Å²) in [6.45, 7) is 1.71. The summed E-state index contributed by atoms with van der Waals surface area (Å²) in [5, 5.41) is 11.8. The zero-order chi connectivity index (χ0) is 21.3. The fraction of sp³-hybridized carbons (Fsp3) is 0.700. The van der Waals surface area contributed by atoms with Gasteiger partial charge in [0, 0.05) is 12.6 Å². The minimum absolute atomic E-state index is 0.137. The number of rotatable bonds is 11. The highest BCUT2D eigenvalue weighted by atomic mass is 32.2. The van der Waals surface area contributed by atoms with Gasteiger partial charge in [0.2, 0.25) is 10.0 Å². The first kappa shape index (κ1) is 24.1. The van der Waals surface area contributed by atoms with E-state index in [0.29, 0.717) is 12.5 Å². The number of sulfonamides is 1. The second-order valence-electron chi connectivity index (χ2n) is 7.68. The fourth-order valence-electron chi connectivity index (χ4n) is 3.74. The highest BCUT2D eigenvalue weighted by Crippen LogP contribution is 2.31. The third-order valence-electron chi connectivity index (χ3n) is 5.42. The largest absolute Gasteiger partial charge is 0.416 e. The maximum absolute atomic E-state index is 12.6. The first-order valence-electron chi connectivity index (χ1n) is 10.2. The molecule has 1 fully saturated rings. The van der Waals surface area contributed by atoms with Gasteiger partial charge in [0.05, 0.1) is 17.1 Å². The van der Waals surface area contributed by atoms with Gasteiger partial charge in [-0.25, -0.2) is 13.1 Å². The molecule has 166 valence electrons. The SMILES string of the molecule is O=S(=O)(NC1CCC(CCCCCNCCO)CC1)c1ccc(C(F)(F)F)cc1. The second-order valence-corrected chi connectivity index (χ2v) is 9.40. The van der Waals surface area contributed by atoms with Crippen LogP contribution in [0.2, 0.25) is 0 Å². The third-order valence-corrected chi connectivity index (χ3v) is 6.95. The Balaban J connectivity index is 1.71. The average molecular weight is 437 g/mol. The summed E-state index contributed by atoms with van der Waals surface area (Å²) in [5.74, 6) is 0.604. The number of alkyl halides is 3. The third kappa shape index (κ3) is 8.24. The number of benzene rings is 1. The van der Waals surface area contributed by atoms with E-state index in [4.69, 9.17) is 5.11 Å². The molecule has 29 heavy (non-hydrogen) atoms. The van der Waals surface area contributed by atoms with E-state index in [-0.39, 0.29) is 17.5 Å². The van der Waals surface area contributed by atoms with Gasteiger partial charge in [-0.05, 0) is 68.8 Å². The Bertz CT molecular complexity index is 701. The Labute approximate surface area is 171 Å². The standard InChI is InChI=1S/C20H31F3N2O3S/c21-20(22,23)17-7-11-19(12-8-17)29(27,28)25-18-9-5-16(6-10-18)4-2-1-3-13-24-14-15-26/h7-8,11-12,16,18,24-26H,1-6,9-10,13-15H2. The number of nitrogens with one attached hydrogen (secondary N) is 2. The van der Waals surface area contributed by atoms with Crippen molar-refractivity contribution in [2.45, 2.75) is 68.5 Å². The van der Waals surface area contributed by atoms with Gasteiger partial charge in [-0.3, -0.25) is 0 Å². The van der Waals surface area contributed by atoms with Crippen LogP contribution < -0.4 is 10.0 Å². The number of unbranched alkanes of at least 4 members (excludes halogenated alkanes) is 2. The number of aliphatic hydroxyl groups is 1. The monoisotopic (exact) mass is 436 g/mol. The van der Waals surface area contributed by atoms with Crippen molar-refractivity contribution in [3.63, 3.8) is 0 Å². The lowest BCUT2D eigenvalue weighted by Crippen LogP contribution is -2.37. The van der Waals surface area contributed by atoms with E-state index in [2.05, 4.69) is 10.0 Å². The van der Waals surface area contributed by atoms with Crippen molar-refractivity contribution in [1.29, 1.82) is 0 Å². The predicted molar refractivity (Wildman–Crippen MR) is 106 cm³/mol. The summed E-state index contributed by atoms with van der Waals surface area (Å²) in [5.41, 5.74) is -0.860. The Morgan fingerprint density at radius 2 is 1.62 bits per heavy atom. The van der Waals surface area contributed by atoms with Crippen molar-refractivity contribution >= 4 is 10.0 Å². The Morgan fingerprint density at radius 1 is 0.966 bits per heavy atom. The van der Waals surface area contributed by atoms with Gasteiger partial charge in [0.15, 0.2) is 0 Å². The minimum Gasteiger partial charge on any atom is -0.395 e. The molecule has 0 amide bonds. The first-order chi connectivity index (χ1) is 13.7. The summed E-state index contributed by atoms with van der Waals surface area (Å²) in [7, 11) is -3.81. The summed E-state index contributed by atoms with van der Waals surface area (Å²) in [4.78, 5) is -0.137. The van der Waals surface area contributed by atoms with Gasteiger partial charge in [-0.2, -0.15) is 13.2 Å². The van der Waals surface area contributed by atoms with E-state index in [9.17, 15) is 21.6 Å². The van der Waals surface area contributed by atoms with Crippen LogP contribution in [-0.2, 0) is 16.2 Å². The topological polar surface area (TPSA) is 78.4 Å². The van der Waals surface area contributed by atoms with E-state index in [1.165, 1.54) is 0 Å². The molecule has 1 aromatic carbocycles. The van der Waals surface area contributed by atoms with E-state index in [0.717, 1.165) is 82.2 Å². The molecule has 0 heterocycles. The molecule has 1 saturated carbocycles. The van der Waals surface area contributed by atoms with Crippen LogP contribution in [0.25, 0.3) is 0 Å².